The quantitative estimate of drug-likeness (QED) is 0.150. The lowest BCUT2D eigenvalue weighted by Crippen LogP contribution is -2.53. The Labute approximate surface area is 214 Å². The Bertz CT molecular complexity index is 869. The Balaban J connectivity index is 2.70. The normalized spacial score (nSPS) is 12.2. The van der Waals surface area contributed by atoms with E-state index >= 15 is 0 Å². The minimum Gasteiger partial charge on any atom is -0.467 e. The molecule has 0 aliphatic carbocycles. The van der Waals surface area contributed by atoms with Crippen LogP contribution in [0.5, 0.6) is 0 Å². The van der Waals surface area contributed by atoms with Crippen molar-refractivity contribution in [3.63, 3.8) is 0 Å². The first-order valence-electron chi connectivity index (χ1n) is 11.0. The fourth-order valence-electron chi connectivity index (χ4n) is 2.87. The van der Waals surface area contributed by atoms with E-state index in [-0.39, 0.29) is 31.4 Å². The average Bonchev–Trinajstić information content (AvgIpc) is 2.82. The number of esters is 1. The van der Waals surface area contributed by atoms with E-state index in [1.807, 2.05) is 52.9 Å². The van der Waals surface area contributed by atoms with Crippen molar-refractivity contribution in [1.29, 1.82) is 0 Å². The van der Waals surface area contributed by atoms with Crippen molar-refractivity contribution in [1.82, 2.24) is 16.0 Å². The number of hydrogen-bond acceptors (Lipinski definition) is 6. The third-order valence-corrected chi connectivity index (χ3v) is 6.40. The number of amides is 3. The Morgan fingerprint density at radius 1 is 1.03 bits per heavy atom. The first kappa shape index (κ1) is 29.4. The van der Waals surface area contributed by atoms with Crippen LogP contribution in [0.2, 0.25) is 0 Å². The van der Waals surface area contributed by atoms with Gasteiger partial charge in [0.05, 0.1) is 10.7 Å². The summed E-state index contributed by atoms with van der Waals surface area (Å²) in [4.78, 5) is 49.4. The lowest BCUT2D eigenvalue weighted by Gasteiger charge is -2.24. The van der Waals surface area contributed by atoms with Crippen molar-refractivity contribution in [3.8, 4) is 0 Å². The molecular formula is C24H34IN3O6. The Hall–Kier alpha value is -2.63. The molecule has 0 saturated carbocycles. The van der Waals surface area contributed by atoms with E-state index in [4.69, 9.17) is 9.47 Å². The topological polar surface area (TPSA) is 123 Å². The van der Waals surface area contributed by atoms with Crippen LogP contribution in [0.4, 0.5) is 4.79 Å². The van der Waals surface area contributed by atoms with Crippen molar-refractivity contribution in [2.24, 2.45) is 5.92 Å². The van der Waals surface area contributed by atoms with Crippen LogP contribution in [0, 0.1) is 5.92 Å². The maximum atomic E-state index is 12.9. The Morgan fingerprint density at radius 2 is 1.68 bits per heavy atom. The van der Waals surface area contributed by atoms with Gasteiger partial charge in [-0.15, -0.1) is 0 Å². The first-order valence-corrected chi connectivity index (χ1v) is 12.1. The van der Waals surface area contributed by atoms with Gasteiger partial charge in [0.2, 0.25) is 5.91 Å². The summed E-state index contributed by atoms with van der Waals surface area (Å²) in [7, 11) is 1.25. The van der Waals surface area contributed by atoms with Crippen LogP contribution >= 0.6 is 22.6 Å². The molecule has 1 rings (SSSR count). The van der Waals surface area contributed by atoms with E-state index in [9.17, 15) is 19.2 Å². The zero-order valence-electron chi connectivity index (χ0n) is 20.3. The summed E-state index contributed by atoms with van der Waals surface area (Å²) in [5.41, 5.74) is 1.69. The summed E-state index contributed by atoms with van der Waals surface area (Å²) in [6.45, 7) is 7.57. The number of ether oxygens (including phenoxy) is 2. The average molecular weight is 587 g/mol. The van der Waals surface area contributed by atoms with Gasteiger partial charge in [0.15, 0.2) is 0 Å². The lowest BCUT2D eigenvalue weighted by molar-refractivity contribution is -0.146. The van der Waals surface area contributed by atoms with Crippen LogP contribution in [-0.4, -0.2) is 49.6 Å². The van der Waals surface area contributed by atoms with Gasteiger partial charge in [-0.05, 0) is 60.8 Å². The van der Waals surface area contributed by atoms with Crippen LogP contribution in [0.3, 0.4) is 0 Å². The van der Waals surface area contributed by atoms with Crippen LogP contribution in [-0.2, 0) is 30.5 Å². The summed E-state index contributed by atoms with van der Waals surface area (Å²) in [6.07, 6.45) is 0.0720. The lowest BCUT2D eigenvalue weighted by atomic mass is 10.0. The number of benzene rings is 1. The number of alkyl carbamates (subject to hydrolysis) is 1. The van der Waals surface area contributed by atoms with E-state index in [1.54, 1.807) is 27.7 Å². The zero-order valence-corrected chi connectivity index (χ0v) is 22.4. The highest BCUT2D eigenvalue weighted by Crippen LogP contribution is 2.13. The molecule has 1 aromatic rings. The molecule has 34 heavy (non-hydrogen) atoms. The van der Waals surface area contributed by atoms with Gasteiger partial charge in [-0.2, -0.15) is 0 Å². The fraction of sp³-hybridized carbons (Fsp3) is 0.500. The van der Waals surface area contributed by atoms with E-state index in [0.717, 1.165) is 11.1 Å². The summed E-state index contributed by atoms with van der Waals surface area (Å²) in [5, 5.41) is 8.03. The monoisotopic (exact) mass is 587 g/mol. The summed E-state index contributed by atoms with van der Waals surface area (Å²) in [5.74, 6) is -1.64. The summed E-state index contributed by atoms with van der Waals surface area (Å²) >= 11 is 1.92. The van der Waals surface area contributed by atoms with Crippen LogP contribution < -0.4 is 16.0 Å². The predicted molar refractivity (Wildman–Crippen MR) is 137 cm³/mol. The highest BCUT2D eigenvalue weighted by molar-refractivity contribution is 14.1. The molecule has 1 aromatic carbocycles. The molecular weight excluding hydrogens is 553 g/mol. The molecule has 0 aliphatic rings. The number of allylic oxidation sites excluding steroid dienone is 1. The largest absolute Gasteiger partial charge is 0.467 e. The highest BCUT2D eigenvalue weighted by atomic mass is 127. The van der Waals surface area contributed by atoms with Crippen LogP contribution in [0.1, 0.15) is 46.1 Å². The third-order valence-electron chi connectivity index (χ3n) is 4.83. The van der Waals surface area contributed by atoms with E-state index < -0.39 is 30.1 Å². The van der Waals surface area contributed by atoms with Gasteiger partial charge in [-0.3, -0.25) is 9.59 Å². The molecule has 0 aromatic heterocycles. The SMILES string of the molecule is COC(=O)[C@H](NC(=O)[C@@H](CCCNC(=O)OCc1ccccc1)NC(=O)C(I)=C(C)C)C(C)C. The maximum Gasteiger partial charge on any atom is 0.407 e. The number of methoxy groups -OCH3 is 1. The van der Waals surface area contributed by atoms with Crippen molar-refractivity contribution >= 4 is 46.5 Å². The standard InChI is InChI=1S/C24H34IN3O6/c1-15(2)19(25)22(30)27-18(21(29)28-20(16(3)4)23(31)33-5)12-9-13-26-24(32)34-14-17-10-7-6-8-11-17/h6-8,10-11,16,18,20H,9,12-14H2,1-5H3,(H,26,32)(H,27,30)(H,28,29)/t18-,20-/m1/s1. The van der Waals surface area contributed by atoms with Crippen LogP contribution in [0.25, 0.3) is 0 Å². The minimum absolute atomic E-state index is 0.152. The molecule has 0 unspecified atom stereocenters. The van der Waals surface area contributed by atoms with Gasteiger partial charge in [-0.1, -0.05) is 49.8 Å². The number of halogens is 1. The number of rotatable bonds is 12. The van der Waals surface area contributed by atoms with E-state index in [1.165, 1.54) is 7.11 Å². The van der Waals surface area contributed by atoms with Crippen molar-refractivity contribution in [3.05, 3.63) is 45.0 Å². The van der Waals surface area contributed by atoms with Gasteiger partial charge in [-0.25, -0.2) is 9.59 Å². The zero-order chi connectivity index (χ0) is 25.7. The molecule has 3 amide bonds. The van der Waals surface area contributed by atoms with Crippen molar-refractivity contribution in [2.45, 2.75) is 59.2 Å². The molecule has 9 nitrogen and oxygen atoms in total. The molecule has 10 heteroatoms. The maximum absolute atomic E-state index is 12.9. The number of nitrogens with one attached hydrogen (secondary N) is 3. The molecule has 188 valence electrons. The molecule has 0 radical (unpaired) electrons. The summed E-state index contributed by atoms with van der Waals surface area (Å²) < 4.78 is 10.4. The van der Waals surface area contributed by atoms with E-state index in [2.05, 4.69) is 16.0 Å². The number of carbonyl (C=O) groups excluding carboxylic acids is 4. The van der Waals surface area contributed by atoms with Crippen LogP contribution in [0.15, 0.2) is 39.5 Å². The molecule has 0 bridgehead atoms. The minimum atomic E-state index is -0.898. The van der Waals surface area contributed by atoms with Gasteiger partial charge < -0.3 is 25.4 Å². The number of carbonyl (C=O) groups is 4. The van der Waals surface area contributed by atoms with Gasteiger partial charge in [0, 0.05) is 6.54 Å². The first-order chi connectivity index (χ1) is 16.1. The fourth-order valence-corrected chi connectivity index (χ4v) is 3.02. The van der Waals surface area contributed by atoms with Gasteiger partial charge >= 0.3 is 12.1 Å². The second-order valence-corrected chi connectivity index (χ2v) is 9.30. The second kappa shape index (κ2) is 15.3. The number of hydrogen-bond donors (Lipinski definition) is 3. The molecule has 0 spiro atoms. The predicted octanol–water partition coefficient (Wildman–Crippen LogP) is 3.22. The molecule has 0 saturated heterocycles. The van der Waals surface area contributed by atoms with Gasteiger partial charge in [0.1, 0.15) is 18.7 Å². The third kappa shape index (κ3) is 10.5. The van der Waals surface area contributed by atoms with Crippen molar-refractivity contribution < 1.29 is 28.7 Å². The van der Waals surface area contributed by atoms with Gasteiger partial charge in [0.25, 0.3) is 5.91 Å². The van der Waals surface area contributed by atoms with E-state index in [0.29, 0.717) is 10.0 Å². The molecule has 2 atom stereocenters. The second-order valence-electron chi connectivity index (χ2n) is 8.22. The summed E-state index contributed by atoms with van der Waals surface area (Å²) in [6, 6.07) is 7.56. The smallest absolute Gasteiger partial charge is 0.407 e. The molecule has 0 fully saturated rings. The van der Waals surface area contributed by atoms with Crippen molar-refractivity contribution in [2.75, 3.05) is 13.7 Å². The molecule has 0 heterocycles. The molecule has 0 aliphatic heterocycles. The Kier molecular flexibility index (Phi) is 13.2. The molecule has 3 N–H and O–H groups in total. The Morgan fingerprint density at radius 3 is 2.24 bits per heavy atom. The highest BCUT2D eigenvalue weighted by Gasteiger charge is 2.29.